The lowest BCUT2D eigenvalue weighted by molar-refractivity contribution is -0.116. The number of hydrogen-bond acceptors (Lipinski definition) is 4. The summed E-state index contributed by atoms with van der Waals surface area (Å²) in [5, 5.41) is 17.0. The van der Waals surface area contributed by atoms with E-state index >= 15 is 0 Å². The number of H-pyrrole nitrogens is 1. The van der Waals surface area contributed by atoms with E-state index in [4.69, 9.17) is 0 Å². The quantitative estimate of drug-likeness (QED) is 0.751. The van der Waals surface area contributed by atoms with E-state index in [-0.39, 0.29) is 17.8 Å². The third-order valence-corrected chi connectivity index (χ3v) is 2.87. The van der Waals surface area contributed by atoms with Crippen molar-refractivity contribution in [3.05, 3.63) is 36.7 Å². The van der Waals surface area contributed by atoms with Gasteiger partial charge in [0.05, 0.1) is 0 Å². The first-order valence-electron chi connectivity index (χ1n) is 5.99. The van der Waals surface area contributed by atoms with Gasteiger partial charge in [-0.1, -0.05) is 6.07 Å². The monoisotopic (exact) mass is 274 g/mol. The molecule has 8 heteroatoms. The van der Waals surface area contributed by atoms with Gasteiger partial charge in [0.1, 0.15) is 24.0 Å². The van der Waals surface area contributed by atoms with Crippen LogP contribution in [0, 0.1) is 5.82 Å². The number of nitrogens with one attached hydrogen (secondary N) is 2. The number of amides is 1. The van der Waals surface area contributed by atoms with Crippen molar-refractivity contribution >= 4 is 22.6 Å². The number of carbonyl (C=O) groups excluding carboxylic acids is 1. The van der Waals surface area contributed by atoms with Crippen molar-refractivity contribution in [1.29, 1.82) is 0 Å². The maximum Gasteiger partial charge on any atom is 0.227 e. The molecule has 7 nitrogen and oxygen atoms in total. The van der Waals surface area contributed by atoms with Gasteiger partial charge in [0.2, 0.25) is 5.91 Å². The third kappa shape index (κ3) is 2.35. The van der Waals surface area contributed by atoms with Crippen molar-refractivity contribution in [1.82, 2.24) is 25.0 Å². The first-order chi connectivity index (χ1) is 9.74. The number of aromatic amines is 1. The Morgan fingerprint density at radius 3 is 2.95 bits per heavy atom. The van der Waals surface area contributed by atoms with E-state index in [1.807, 2.05) is 0 Å². The molecular formula is C12H11FN6O. The molecule has 0 fully saturated rings. The number of fused-ring (bicyclic) bond motifs is 1. The maximum atomic E-state index is 13.5. The number of rotatable bonds is 4. The van der Waals surface area contributed by atoms with Crippen LogP contribution < -0.4 is 5.32 Å². The second-order valence-electron chi connectivity index (χ2n) is 4.23. The van der Waals surface area contributed by atoms with E-state index in [1.54, 1.807) is 16.7 Å². The summed E-state index contributed by atoms with van der Waals surface area (Å²) in [7, 11) is 0. The molecule has 0 spiro atoms. The van der Waals surface area contributed by atoms with Crippen LogP contribution in [-0.4, -0.2) is 30.9 Å². The fourth-order valence-corrected chi connectivity index (χ4v) is 1.87. The molecule has 2 N–H and O–H groups in total. The summed E-state index contributed by atoms with van der Waals surface area (Å²) in [4.78, 5) is 11.8. The van der Waals surface area contributed by atoms with Crippen molar-refractivity contribution < 1.29 is 9.18 Å². The molecule has 2 aromatic heterocycles. The predicted molar refractivity (Wildman–Crippen MR) is 69.3 cm³/mol. The largest absolute Gasteiger partial charge is 0.320 e. The minimum absolute atomic E-state index is 0.212. The summed E-state index contributed by atoms with van der Waals surface area (Å²) >= 11 is 0. The number of benzene rings is 1. The van der Waals surface area contributed by atoms with Crippen LogP contribution in [0.15, 0.2) is 30.9 Å². The van der Waals surface area contributed by atoms with E-state index < -0.39 is 5.82 Å². The summed E-state index contributed by atoms with van der Waals surface area (Å²) in [6, 6.07) is 4.59. The van der Waals surface area contributed by atoms with E-state index in [0.717, 1.165) is 0 Å². The van der Waals surface area contributed by atoms with Crippen LogP contribution >= 0.6 is 0 Å². The molecule has 0 bridgehead atoms. The molecule has 0 unspecified atom stereocenters. The first-order valence-corrected chi connectivity index (χ1v) is 5.99. The molecule has 20 heavy (non-hydrogen) atoms. The molecule has 3 aromatic rings. The summed E-state index contributed by atoms with van der Waals surface area (Å²) in [5.74, 6) is -0.287. The topological polar surface area (TPSA) is 88.5 Å². The van der Waals surface area contributed by atoms with Gasteiger partial charge in [-0.3, -0.25) is 9.89 Å². The van der Waals surface area contributed by atoms with E-state index in [0.29, 0.717) is 17.7 Å². The van der Waals surface area contributed by atoms with Gasteiger partial charge in [0.15, 0.2) is 5.82 Å². The Balaban J connectivity index is 1.70. The van der Waals surface area contributed by atoms with Crippen LogP contribution in [0.5, 0.6) is 0 Å². The number of nitrogens with zero attached hydrogens (tertiary/aromatic N) is 4. The summed E-state index contributed by atoms with van der Waals surface area (Å²) in [5.41, 5.74) is 0.279. The molecule has 1 aromatic carbocycles. The molecular weight excluding hydrogens is 263 g/mol. The van der Waals surface area contributed by atoms with Gasteiger partial charge in [-0.25, -0.2) is 4.39 Å². The van der Waals surface area contributed by atoms with Gasteiger partial charge in [-0.05, 0) is 12.1 Å². The van der Waals surface area contributed by atoms with Crippen LogP contribution in [0.25, 0.3) is 10.9 Å². The van der Waals surface area contributed by atoms with E-state index in [9.17, 15) is 9.18 Å². The van der Waals surface area contributed by atoms with Crippen molar-refractivity contribution in [2.75, 3.05) is 5.32 Å². The molecule has 1 amide bonds. The highest BCUT2D eigenvalue weighted by Crippen LogP contribution is 2.22. The van der Waals surface area contributed by atoms with Gasteiger partial charge in [-0.15, -0.1) is 10.2 Å². The lowest BCUT2D eigenvalue weighted by atomic mass is 10.2. The number of aromatic nitrogens is 5. The molecule has 3 rings (SSSR count). The SMILES string of the molecule is O=C(CCn1cnnc1)Nc1n[nH]c2c(F)cccc12. The fraction of sp³-hybridized carbons (Fsp3) is 0.167. The normalized spacial score (nSPS) is 10.8. The standard InChI is InChI=1S/C12H11FN6O/c13-9-3-1-2-8-11(9)17-18-12(8)16-10(20)4-5-19-6-14-15-7-19/h1-3,6-7H,4-5H2,(H2,16,17,18,20). The van der Waals surface area contributed by atoms with Crippen molar-refractivity contribution in [2.45, 2.75) is 13.0 Å². The van der Waals surface area contributed by atoms with Crippen LogP contribution in [0.3, 0.4) is 0 Å². The molecule has 102 valence electrons. The van der Waals surface area contributed by atoms with E-state index in [1.165, 1.54) is 18.7 Å². The summed E-state index contributed by atoms with van der Waals surface area (Å²) < 4.78 is 15.2. The average Bonchev–Trinajstić information content (AvgIpc) is 3.07. The van der Waals surface area contributed by atoms with Gasteiger partial charge >= 0.3 is 0 Å². The van der Waals surface area contributed by atoms with Gasteiger partial charge in [-0.2, -0.15) is 5.10 Å². The van der Waals surface area contributed by atoms with Crippen LogP contribution in [0.4, 0.5) is 10.2 Å². The maximum absolute atomic E-state index is 13.5. The first kappa shape index (κ1) is 12.3. The molecule has 0 aliphatic rings. The fourth-order valence-electron chi connectivity index (χ4n) is 1.87. The minimum atomic E-state index is -0.403. The van der Waals surface area contributed by atoms with Crippen LogP contribution in [-0.2, 0) is 11.3 Å². The molecule has 0 saturated carbocycles. The van der Waals surface area contributed by atoms with Crippen LogP contribution in [0.2, 0.25) is 0 Å². The molecule has 0 radical (unpaired) electrons. The number of para-hydroxylation sites is 1. The van der Waals surface area contributed by atoms with Gasteiger partial charge < -0.3 is 9.88 Å². The number of halogens is 1. The Morgan fingerprint density at radius 2 is 2.15 bits per heavy atom. The third-order valence-electron chi connectivity index (χ3n) is 2.87. The number of aryl methyl sites for hydroxylation is 1. The minimum Gasteiger partial charge on any atom is -0.320 e. The Kier molecular flexibility index (Phi) is 3.12. The Hall–Kier alpha value is -2.77. The Morgan fingerprint density at radius 1 is 1.35 bits per heavy atom. The average molecular weight is 274 g/mol. The number of anilines is 1. The highest BCUT2D eigenvalue weighted by atomic mass is 19.1. The van der Waals surface area contributed by atoms with Crippen LogP contribution in [0.1, 0.15) is 6.42 Å². The molecule has 0 aliphatic carbocycles. The molecule has 0 aliphatic heterocycles. The highest BCUT2D eigenvalue weighted by Gasteiger charge is 2.11. The number of carbonyl (C=O) groups is 1. The zero-order valence-corrected chi connectivity index (χ0v) is 10.4. The summed E-state index contributed by atoms with van der Waals surface area (Å²) in [6.07, 6.45) is 3.32. The van der Waals surface area contributed by atoms with Gasteiger partial charge in [0.25, 0.3) is 0 Å². The van der Waals surface area contributed by atoms with E-state index in [2.05, 4.69) is 25.7 Å². The molecule has 0 atom stereocenters. The van der Waals surface area contributed by atoms with Gasteiger partial charge in [0, 0.05) is 18.4 Å². The second kappa shape index (κ2) is 5.08. The zero-order chi connectivity index (χ0) is 13.9. The van der Waals surface area contributed by atoms with Crippen molar-refractivity contribution in [3.8, 4) is 0 Å². The molecule has 0 saturated heterocycles. The zero-order valence-electron chi connectivity index (χ0n) is 10.4. The van der Waals surface area contributed by atoms with Crippen molar-refractivity contribution in [3.63, 3.8) is 0 Å². The predicted octanol–water partition coefficient (Wildman–Crippen LogP) is 1.32. The Labute approximate surface area is 112 Å². The lowest BCUT2D eigenvalue weighted by Gasteiger charge is -2.03. The molecule has 2 heterocycles. The lowest BCUT2D eigenvalue weighted by Crippen LogP contribution is -2.14. The highest BCUT2D eigenvalue weighted by molar-refractivity contribution is 5.99. The van der Waals surface area contributed by atoms with Crippen molar-refractivity contribution in [2.24, 2.45) is 0 Å². The Bertz CT molecular complexity index is 736. The summed E-state index contributed by atoms with van der Waals surface area (Å²) in [6.45, 7) is 0.468. The number of hydrogen-bond donors (Lipinski definition) is 2. The smallest absolute Gasteiger partial charge is 0.227 e. The second-order valence-corrected chi connectivity index (χ2v) is 4.23.